The highest BCUT2D eigenvalue weighted by Crippen LogP contribution is 2.09. The standard InChI is InChI=1S/C10H17N5O/c1-8(4-5-11)2-3-9(16)14-10-12-6-7-13-15-10/h6-8H,2-5,11H2,1H3,(H,12,14,15,16). The van der Waals surface area contributed by atoms with Crippen LogP contribution in [0.15, 0.2) is 12.4 Å². The number of aromatic nitrogens is 3. The van der Waals surface area contributed by atoms with Crippen LogP contribution in [0.2, 0.25) is 0 Å². The average molecular weight is 223 g/mol. The Hall–Kier alpha value is -1.56. The van der Waals surface area contributed by atoms with Crippen LogP contribution in [0.3, 0.4) is 0 Å². The zero-order valence-electron chi connectivity index (χ0n) is 9.39. The van der Waals surface area contributed by atoms with E-state index in [-0.39, 0.29) is 11.9 Å². The van der Waals surface area contributed by atoms with Crippen LogP contribution in [-0.2, 0) is 4.79 Å². The molecule has 1 aromatic rings. The van der Waals surface area contributed by atoms with Crippen molar-refractivity contribution in [3.8, 4) is 0 Å². The number of amides is 1. The molecule has 3 N–H and O–H groups in total. The molecule has 0 aliphatic rings. The Balaban J connectivity index is 2.26. The van der Waals surface area contributed by atoms with Gasteiger partial charge >= 0.3 is 0 Å². The first-order chi connectivity index (χ1) is 7.72. The van der Waals surface area contributed by atoms with Gasteiger partial charge in [0.2, 0.25) is 11.9 Å². The van der Waals surface area contributed by atoms with E-state index in [4.69, 9.17) is 5.73 Å². The summed E-state index contributed by atoms with van der Waals surface area (Å²) in [5, 5.41) is 9.87. The lowest BCUT2D eigenvalue weighted by Crippen LogP contribution is -2.15. The number of carbonyl (C=O) groups is 1. The Morgan fingerprint density at radius 3 is 2.94 bits per heavy atom. The normalized spacial score (nSPS) is 12.1. The van der Waals surface area contributed by atoms with E-state index < -0.39 is 0 Å². The molecule has 6 nitrogen and oxygen atoms in total. The predicted molar refractivity (Wildman–Crippen MR) is 60.5 cm³/mol. The molecule has 0 aliphatic heterocycles. The molecule has 1 heterocycles. The lowest BCUT2D eigenvalue weighted by molar-refractivity contribution is -0.116. The molecule has 0 aromatic carbocycles. The van der Waals surface area contributed by atoms with Crippen molar-refractivity contribution in [3.05, 3.63) is 12.4 Å². The van der Waals surface area contributed by atoms with Crippen molar-refractivity contribution < 1.29 is 4.79 Å². The Morgan fingerprint density at radius 1 is 1.50 bits per heavy atom. The number of anilines is 1. The average Bonchev–Trinajstić information content (AvgIpc) is 2.28. The van der Waals surface area contributed by atoms with Crippen molar-refractivity contribution in [1.82, 2.24) is 15.2 Å². The first kappa shape index (κ1) is 12.5. The minimum absolute atomic E-state index is 0.0862. The number of hydrogen-bond acceptors (Lipinski definition) is 5. The Labute approximate surface area is 94.7 Å². The number of nitrogens with two attached hydrogens (primary N) is 1. The quantitative estimate of drug-likeness (QED) is 0.735. The summed E-state index contributed by atoms with van der Waals surface area (Å²) in [5.74, 6) is 0.626. The SMILES string of the molecule is CC(CCN)CCC(=O)Nc1nccnn1. The van der Waals surface area contributed by atoms with Gasteiger partial charge < -0.3 is 5.73 Å². The highest BCUT2D eigenvalue weighted by molar-refractivity contribution is 5.88. The maximum Gasteiger partial charge on any atom is 0.249 e. The first-order valence-electron chi connectivity index (χ1n) is 5.36. The summed E-state index contributed by atoms with van der Waals surface area (Å²) in [4.78, 5) is 15.3. The number of rotatable bonds is 6. The molecule has 1 atom stereocenters. The van der Waals surface area contributed by atoms with Gasteiger partial charge in [-0.3, -0.25) is 10.1 Å². The predicted octanol–water partition coefficient (Wildman–Crippen LogP) is 0.575. The van der Waals surface area contributed by atoms with Crippen LogP contribution in [0.4, 0.5) is 5.95 Å². The Kier molecular flexibility index (Phi) is 5.35. The molecule has 0 aliphatic carbocycles. The summed E-state index contributed by atoms with van der Waals surface area (Å²) in [5.41, 5.74) is 5.43. The first-order valence-corrected chi connectivity index (χ1v) is 5.36. The number of nitrogens with one attached hydrogen (secondary N) is 1. The van der Waals surface area contributed by atoms with Crippen molar-refractivity contribution in [2.45, 2.75) is 26.2 Å². The van der Waals surface area contributed by atoms with E-state index in [0.29, 0.717) is 18.9 Å². The molecule has 0 radical (unpaired) electrons. The zero-order valence-corrected chi connectivity index (χ0v) is 9.39. The fourth-order valence-corrected chi connectivity index (χ4v) is 1.30. The Morgan fingerprint density at radius 2 is 2.31 bits per heavy atom. The highest BCUT2D eigenvalue weighted by atomic mass is 16.1. The summed E-state index contributed by atoms with van der Waals surface area (Å²) in [7, 11) is 0. The van der Waals surface area contributed by atoms with Crippen molar-refractivity contribution in [2.75, 3.05) is 11.9 Å². The molecular weight excluding hydrogens is 206 g/mol. The molecule has 16 heavy (non-hydrogen) atoms. The molecule has 6 heteroatoms. The zero-order chi connectivity index (χ0) is 11.8. The maximum absolute atomic E-state index is 11.5. The fraction of sp³-hybridized carbons (Fsp3) is 0.600. The smallest absolute Gasteiger partial charge is 0.249 e. The molecule has 1 rings (SSSR count). The topological polar surface area (TPSA) is 93.8 Å². The molecule has 1 unspecified atom stereocenters. The maximum atomic E-state index is 11.5. The third kappa shape index (κ3) is 4.79. The van der Waals surface area contributed by atoms with Gasteiger partial charge in [0, 0.05) is 6.42 Å². The monoisotopic (exact) mass is 223 g/mol. The van der Waals surface area contributed by atoms with E-state index in [1.807, 2.05) is 0 Å². The second kappa shape index (κ2) is 6.84. The molecule has 1 aromatic heterocycles. The van der Waals surface area contributed by atoms with Crippen LogP contribution >= 0.6 is 0 Å². The summed E-state index contributed by atoms with van der Waals surface area (Å²) >= 11 is 0. The van der Waals surface area contributed by atoms with Crippen LogP contribution in [-0.4, -0.2) is 27.6 Å². The molecule has 0 saturated carbocycles. The van der Waals surface area contributed by atoms with Gasteiger partial charge in [0.1, 0.15) is 0 Å². The van der Waals surface area contributed by atoms with Gasteiger partial charge in [-0.25, -0.2) is 4.98 Å². The van der Waals surface area contributed by atoms with Crippen LogP contribution in [0.1, 0.15) is 26.2 Å². The second-order valence-electron chi connectivity index (χ2n) is 3.74. The van der Waals surface area contributed by atoms with Crippen LogP contribution in [0.25, 0.3) is 0 Å². The summed E-state index contributed by atoms with van der Waals surface area (Å²) < 4.78 is 0. The van der Waals surface area contributed by atoms with E-state index in [1.165, 1.54) is 12.4 Å². The summed E-state index contributed by atoms with van der Waals surface area (Å²) in [6.45, 7) is 2.75. The van der Waals surface area contributed by atoms with Gasteiger partial charge in [0.25, 0.3) is 0 Å². The minimum atomic E-state index is -0.0862. The van der Waals surface area contributed by atoms with E-state index in [2.05, 4.69) is 27.4 Å². The van der Waals surface area contributed by atoms with Crippen molar-refractivity contribution in [3.63, 3.8) is 0 Å². The van der Waals surface area contributed by atoms with E-state index in [9.17, 15) is 4.79 Å². The molecule has 0 spiro atoms. The lowest BCUT2D eigenvalue weighted by atomic mass is 10.0. The van der Waals surface area contributed by atoms with Crippen molar-refractivity contribution in [2.24, 2.45) is 11.7 Å². The molecule has 0 bridgehead atoms. The molecule has 0 fully saturated rings. The third-order valence-electron chi connectivity index (χ3n) is 2.26. The van der Waals surface area contributed by atoms with E-state index >= 15 is 0 Å². The fourth-order valence-electron chi connectivity index (χ4n) is 1.30. The van der Waals surface area contributed by atoms with Gasteiger partial charge in [-0.2, -0.15) is 5.10 Å². The Bertz CT molecular complexity index is 316. The van der Waals surface area contributed by atoms with Crippen molar-refractivity contribution >= 4 is 11.9 Å². The van der Waals surface area contributed by atoms with E-state index in [0.717, 1.165) is 12.8 Å². The van der Waals surface area contributed by atoms with Crippen molar-refractivity contribution in [1.29, 1.82) is 0 Å². The minimum Gasteiger partial charge on any atom is -0.330 e. The summed E-state index contributed by atoms with van der Waals surface area (Å²) in [6.07, 6.45) is 5.16. The van der Waals surface area contributed by atoms with Crippen LogP contribution in [0.5, 0.6) is 0 Å². The largest absolute Gasteiger partial charge is 0.330 e. The molecule has 0 saturated heterocycles. The molecule has 1 amide bonds. The number of carbonyl (C=O) groups excluding carboxylic acids is 1. The van der Waals surface area contributed by atoms with Gasteiger partial charge in [-0.1, -0.05) is 6.92 Å². The van der Waals surface area contributed by atoms with Gasteiger partial charge in [0.15, 0.2) is 0 Å². The highest BCUT2D eigenvalue weighted by Gasteiger charge is 2.07. The second-order valence-corrected chi connectivity index (χ2v) is 3.74. The molecule has 88 valence electrons. The van der Waals surface area contributed by atoms with Gasteiger partial charge in [-0.15, -0.1) is 5.10 Å². The third-order valence-corrected chi connectivity index (χ3v) is 2.26. The van der Waals surface area contributed by atoms with Gasteiger partial charge in [0.05, 0.1) is 12.4 Å². The van der Waals surface area contributed by atoms with Crippen LogP contribution < -0.4 is 11.1 Å². The summed E-state index contributed by atoms with van der Waals surface area (Å²) in [6, 6.07) is 0. The van der Waals surface area contributed by atoms with Crippen LogP contribution in [0, 0.1) is 5.92 Å². The molecular formula is C10H17N5O. The lowest BCUT2D eigenvalue weighted by Gasteiger charge is -2.08. The number of hydrogen-bond donors (Lipinski definition) is 2. The van der Waals surface area contributed by atoms with Gasteiger partial charge in [-0.05, 0) is 25.3 Å². The van der Waals surface area contributed by atoms with E-state index in [1.54, 1.807) is 0 Å². The number of nitrogens with zero attached hydrogens (tertiary/aromatic N) is 3.